The number of nitrogen functional groups attached to an aromatic ring is 1. The Hall–Kier alpha value is -1.82. The van der Waals surface area contributed by atoms with Gasteiger partial charge in [0.2, 0.25) is 0 Å². The Kier molecular flexibility index (Phi) is 4.44. The highest BCUT2D eigenvalue weighted by Crippen LogP contribution is 2.21. The van der Waals surface area contributed by atoms with Crippen LogP contribution in [0.2, 0.25) is 0 Å². The van der Waals surface area contributed by atoms with Crippen molar-refractivity contribution in [3.63, 3.8) is 0 Å². The predicted octanol–water partition coefficient (Wildman–Crippen LogP) is 0.541. The van der Waals surface area contributed by atoms with Crippen LogP contribution < -0.4 is 16.4 Å². The van der Waals surface area contributed by atoms with Crippen LogP contribution in [0.25, 0.3) is 0 Å². The van der Waals surface area contributed by atoms with E-state index in [0.29, 0.717) is 17.2 Å². The van der Waals surface area contributed by atoms with Crippen LogP contribution in [0.5, 0.6) is 0 Å². The van der Waals surface area contributed by atoms with Crippen LogP contribution in [0.1, 0.15) is 23.2 Å². The molecule has 1 aromatic rings. The zero-order valence-electron chi connectivity index (χ0n) is 12.2. The van der Waals surface area contributed by atoms with E-state index in [1.165, 1.54) is 19.0 Å². The minimum absolute atomic E-state index is 0.328. The van der Waals surface area contributed by atoms with Crippen molar-refractivity contribution in [2.45, 2.75) is 12.8 Å². The maximum atomic E-state index is 11.3. The summed E-state index contributed by atoms with van der Waals surface area (Å²) in [4.78, 5) is 20.0. The van der Waals surface area contributed by atoms with Crippen molar-refractivity contribution < 1.29 is 4.79 Å². The summed E-state index contributed by atoms with van der Waals surface area (Å²) >= 11 is 0. The molecule has 1 aromatic heterocycles. The van der Waals surface area contributed by atoms with Gasteiger partial charge >= 0.3 is 0 Å². The normalized spacial score (nSPS) is 17.1. The molecule has 1 amide bonds. The second-order valence-electron chi connectivity index (χ2n) is 5.62. The summed E-state index contributed by atoms with van der Waals surface area (Å²) in [5, 5.41) is 0. The van der Waals surface area contributed by atoms with Gasteiger partial charge in [0.05, 0.1) is 17.4 Å². The van der Waals surface area contributed by atoms with E-state index < -0.39 is 5.91 Å². The van der Waals surface area contributed by atoms with E-state index in [2.05, 4.69) is 21.8 Å². The molecule has 6 nitrogen and oxygen atoms in total. The van der Waals surface area contributed by atoms with Crippen LogP contribution in [0.15, 0.2) is 12.3 Å². The summed E-state index contributed by atoms with van der Waals surface area (Å²) in [6.07, 6.45) is 3.89. The first-order valence-electron chi connectivity index (χ1n) is 6.92. The summed E-state index contributed by atoms with van der Waals surface area (Å²) in [5.74, 6) is 0.887. The number of amides is 1. The third-order valence-electron chi connectivity index (χ3n) is 3.95. The highest BCUT2D eigenvalue weighted by atomic mass is 16.1. The first kappa shape index (κ1) is 14.6. The molecule has 4 N–H and O–H groups in total. The molecule has 0 unspecified atom stereocenters. The zero-order chi connectivity index (χ0) is 14.7. The molecule has 110 valence electrons. The van der Waals surface area contributed by atoms with Gasteiger partial charge in [0, 0.05) is 13.6 Å². The van der Waals surface area contributed by atoms with Crippen LogP contribution >= 0.6 is 0 Å². The van der Waals surface area contributed by atoms with Crippen LogP contribution in [-0.2, 0) is 0 Å². The Morgan fingerprint density at radius 2 is 2.15 bits per heavy atom. The number of anilines is 2. The molecule has 2 heterocycles. The van der Waals surface area contributed by atoms with Gasteiger partial charge in [-0.15, -0.1) is 0 Å². The molecule has 0 aliphatic carbocycles. The lowest BCUT2D eigenvalue weighted by Gasteiger charge is -2.32. The van der Waals surface area contributed by atoms with Crippen molar-refractivity contribution in [2.75, 3.05) is 44.4 Å². The van der Waals surface area contributed by atoms with Gasteiger partial charge in [-0.2, -0.15) is 0 Å². The third-order valence-corrected chi connectivity index (χ3v) is 3.95. The molecule has 1 aliphatic rings. The van der Waals surface area contributed by atoms with Crippen molar-refractivity contribution in [3.05, 3.63) is 17.8 Å². The zero-order valence-corrected chi connectivity index (χ0v) is 12.2. The molecule has 0 atom stereocenters. The van der Waals surface area contributed by atoms with Gasteiger partial charge in [0.1, 0.15) is 5.82 Å². The van der Waals surface area contributed by atoms with E-state index in [1.54, 1.807) is 6.07 Å². The fourth-order valence-corrected chi connectivity index (χ4v) is 2.60. The number of pyridine rings is 1. The number of hydrogen-bond acceptors (Lipinski definition) is 5. The largest absolute Gasteiger partial charge is 0.397 e. The van der Waals surface area contributed by atoms with Gasteiger partial charge in [0.25, 0.3) is 5.91 Å². The average molecular weight is 277 g/mol. The Morgan fingerprint density at radius 3 is 2.75 bits per heavy atom. The Labute approximate surface area is 119 Å². The van der Waals surface area contributed by atoms with Gasteiger partial charge in [-0.25, -0.2) is 4.98 Å². The molecular formula is C14H23N5O. The summed E-state index contributed by atoms with van der Waals surface area (Å²) < 4.78 is 0. The molecule has 0 bridgehead atoms. The summed E-state index contributed by atoms with van der Waals surface area (Å²) in [6, 6.07) is 1.67. The number of piperidine rings is 1. The second-order valence-corrected chi connectivity index (χ2v) is 5.62. The van der Waals surface area contributed by atoms with E-state index in [0.717, 1.165) is 25.5 Å². The summed E-state index contributed by atoms with van der Waals surface area (Å²) in [7, 11) is 4.14. The van der Waals surface area contributed by atoms with Gasteiger partial charge in [-0.1, -0.05) is 0 Å². The van der Waals surface area contributed by atoms with Crippen molar-refractivity contribution in [2.24, 2.45) is 11.7 Å². The van der Waals surface area contributed by atoms with E-state index in [4.69, 9.17) is 11.5 Å². The maximum Gasteiger partial charge on any atom is 0.250 e. The molecular weight excluding hydrogens is 254 g/mol. The molecule has 20 heavy (non-hydrogen) atoms. The monoisotopic (exact) mass is 277 g/mol. The van der Waals surface area contributed by atoms with Gasteiger partial charge in [-0.05, 0) is 45.0 Å². The van der Waals surface area contributed by atoms with Crippen LogP contribution in [0.3, 0.4) is 0 Å². The minimum Gasteiger partial charge on any atom is -0.397 e. The number of rotatable bonds is 4. The Bertz CT molecular complexity index is 482. The molecule has 1 saturated heterocycles. The van der Waals surface area contributed by atoms with Crippen molar-refractivity contribution in [3.8, 4) is 0 Å². The third kappa shape index (κ3) is 3.39. The molecule has 6 heteroatoms. The highest BCUT2D eigenvalue weighted by molar-refractivity contribution is 5.98. The van der Waals surface area contributed by atoms with E-state index in [1.807, 2.05) is 7.05 Å². The Morgan fingerprint density at radius 1 is 1.50 bits per heavy atom. The molecule has 0 saturated carbocycles. The molecule has 0 spiro atoms. The van der Waals surface area contributed by atoms with E-state index >= 15 is 0 Å². The standard InChI is InChI=1S/C14H23N5O/c1-18-5-3-10(4-6-18)9-19(2)13-7-11(14(16)20)12(15)8-17-13/h7-8,10H,3-6,9,15H2,1-2H3,(H2,16,20). The van der Waals surface area contributed by atoms with E-state index in [-0.39, 0.29) is 0 Å². The number of aromatic nitrogens is 1. The Balaban J connectivity index is 2.03. The number of carbonyl (C=O) groups is 1. The smallest absolute Gasteiger partial charge is 0.250 e. The van der Waals surface area contributed by atoms with Crippen molar-refractivity contribution in [1.82, 2.24) is 9.88 Å². The van der Waals surface area contributed by atoms with E-state index in [9.17, 15) is 4.79 Å². The average Bonchev–Trinajstić information content (AvgIpc) is 2.41. The lowest BCUT2D eigenvalue weighted by atomic mass is 9.96. The van der Waals surface area contributed by atoms with Crippen molar-refractivity contribution in [1.29, 1.82) is 0 Å². The summed E-state index contributed by atoms with van der Waals surface area (Å²) in [5.41, 5.74) is 11.7. The second kappa shape index (κ2) is 6.09. The van der Waals surface area contributed by atoms with Crippen LogP contribution in [-0.4, -0.2) is 49.5 Å². The molecule has 1 fully saturated rings. The quantitative estimate of drug-likeness (QED) is 0.838. The first-order valence-corrected chi connectivity index (χ1v) is 6.92. The van der Waals surface area contributed by atoms with Gasteiger partial charge in [0.15, 0.2) is 0 Å². The molecule has 0 aromatic carbocycles. The number of likely N-dealkylation sites (tertiary alicyclic amines) is 1. The highest BCUT2D eigenvalue weighted by Gasteiger charge is 2.19. The topological polar surface area (TPSA) is 88.5 Å². The summed E-state index contributed by atoms with van der Waals surface area (Å²) in [6.45, 7) is 3.21. The van der Waals surface area contributed by atoms with Gasteiger partial charge in [-0.3, -0.25) is 4.79 Å². The fourth-order valence-electron chi connectivity index (χ4n) is 2.60. The number of nitrogens with two attached hydrogens (primary N) is 2. The SMILES string of the molecule is CN1CCC(CN(C)c2cc(C(N)=O)c(N)cn2)CC1. The lowest BCUT2D eigenvalue weighted by Crippen LogP contribution is -2.36. The molecule has 1 aliphatic heterocycles. The number of carbonyl (C=O) groups excluding carboxylic acids is 1. The number of primary amides is 1. The number of nitrogens with zero attached hydrogens (tertiary/aromatic N) is 3. The molecule has 2 rings (SSSR count). The predicted molar refractivity (Wildman–Crippen MR) is 80.7 cm³/mol. The van der Waals surface area contributed by atoms with Gasteiger partial charge < -0.3 is 21.3 Å². The van der Waals surface area contributed by atoms with Crippen LogP contribution in [0, 0.1) is 5.92 Å². The fraction of sp³-hybridized carbons (Fsp3) is 0.571. The number of hydrogen-bond donors (Lipinski definition) is 2. The molecule has 0 radical (unpaired) electrons. The minimum atomic E-state index is -0.515. The maximum absolute atomic E-state index is 11.3. The lowest BCUT2D eigenvalue weighted by molar-refractivity contribution is 0.100. The first-order chi connectivity index (χ1) is 9.47. The van der Waals surface area contributed by atoms with Crippen molar-refractivity contribution >= 4 is 17.4 Å². The van der Waals surface area contributed by atoms with Crippen LogP contribution in [0.4, 0.5) is 11.5 Å².